The minimum atomic E-state index is 0. The third-order valence-corrected chi connectivity index (χ3v) is 3.10. The van der Waals surface area contributed by atoms with E-state index in [-0.39, 0.29) is 29.6 Å². The molecular weight excluding hydrogens is 203 g/mol. The molecule has 0 aliphatic rings. The van der Waals surface area contributed by atoms with E-state index in [9.17, 15) is 0 Å². The van der Waals surface area contributed by atoms with Gasteiger partial charge in [-0.05, 0) is 0 Å². The van der Waals surface area contributed by atoms with Crippen LogP contribution in [0.25, 0.3) is 0 Å². The van der Waals surface area contributed by atoms with Crippen molar-refractivity contribution in [2.45, 2.75) is 90.4 Å². The zero-order chi connectivity index (χ0) is 11.2. The molecule has 0 N–H and O–H groups in total. The fourth-order valence-corrected chi connectivity index (χ4v) is 2.02. The normalized spacial score (nSPS) is 10.1. The van der Waals surface area contributed by atoms with Gasteiger partial charge in [-0.15, -0.1) is 0 Å². The molecule has 0 rings (SSSR count). The molecule has 0 aromatic rings. The molecule has 0 fully saturated rings. The van der Waals surface area contributed by atoms with Gasteiger partial charge < -0.3 is 6.92 Å². The van der Waals surface area contributed by atoms with Crippen LogP contribution in [-0.2, 0) is 0 Å². The summed E-state index contributed by atoms with van der Waals surface area (Å²) >= 11 is 0. The van der Waals surface area contributed by atoms with Gasteiger partial charge in [0.15, 0.2) is 0 Å². The topological polar surface area (TPSA) is 0 Å². The van der Waals surface area contributed by atoms with Crippen LogP contribution in [0.15, 0.2) is 0 Å². The molecule has 0 bridgehead atoms. The smallest absolute Gasteiger partial charge is 0.343 e. The first-order valence-corrected chi connectivity index (χ1v) is 7.21. The van der Waals surface area contributed by atoms with E-state index in [1.807, 2.05) is 0 Å². The molecule has 0 nitrogen and oxygen atoms in total. The summed E-state index contributed by atoms with van der Waals surface area (Å²) in [5.74, 6) is 0. The van der Waals surface area contributed by atoms with E-state index < -0.39 is 0 Å². The predicted octanol–water partition coefficient (Wildman–Crippen LogP) is 2.92. The zero-order valence-corrected chi connectivity index (χ0v) is 13.9. The molecule has 0 radical (unpaired) electrons. The van der Waals surface area contributed by atoms with Crippen LogP contribution in [0.5, 0.6) is 0 Å². The van der Waals surface area contributed by atoms with Gasteiger partial charge in [-0.2, -0.15) is 6.42 Å². The van der Waals surface area contributed by atoms with Crippen molar-refractivity contribution in [3.63, 3.8) is 0 Å². The molecule has 0 heterocycles. The first-order chi connectivity index (χ1) is 7.41. The third kappa shape index (κ3) is 17.4. The average Bonchev–Trinajstić information content (AvgIpc) is 2.26. The Morgan fingerprint density at radius 2 is 0.875 bits per heavy atom. The van der Waals surface area contributed by atoms with Crippen molar-refractivity contribution < 1.29 is 29.6 Å². The van der Waals surface area contributed by atoms with Gasteiger partial charge >= 0.3 is 29.6 Å². The van der Waals surface area contributed by atoms with Crippen molar-refractivity contribution >= 4 is 0 Å². The van der Waals surface area contributed by atoms with Crippen molar-refractivity contribution in [3.05, 3.63) is 6.92 Å². The Hall–Kier alpha value is 1.00. The minimum Gasteiger partial charge on any atom is -0.343 e. The van der Waals surface area contributed by atoms with Crippen LogP contribution < -0.4 is 29.6 Å². The summed E-state index contributed by atoms with van der Waals surface area (Å²) < 4.78 is 0. The van der Waals surface area contributed by atoms with Crippen LogP contribution in [0.3, 0.4) is 0 Å². The predicted molar refractivity (Wildman–Crippen MR) is 71.1 cm³/mol. The Morgan fingerprint density at radius 3 is 1.19 bits per heavy atom. The molecular formula is C15H31Na. The van der Waals surface area contributed by atoms with Gasteiger partial charge in [-0.1, -0.05) is 84.0 Å². The Balaban J connectivity index is 0. The SMILES string of the molecule is [CH2-]CCCCCCCCCCCCCC.[Na+]. The average molecular weight is 234 g/mol. The molecule has 0 saturated carbocycles. The van der Waals surface area contributed by atoms with Gasteiger partial charge in [-0.25, -0.2) is 0 Å². The first-order valence-electron chi connectivity index (χ1n) is 7.21. The van der Waals surface area contributed by atoms with E-state index in [1.54, 1.807) is 0 Å². The first kappa shape index (κ1) is 19.3. The molecule has 0 aromatic heterocycles. The number of rotatable bonds is 12. The van der Waals surface area contributed by atoms with Gasteiger partial charge in [0.1, 0.15) is 0 Å². The minimum absolute atomic E-state index is 0. The molecule has 92 valence electrons. The largest absolute Gasteiger partial charge is 1.00 e. The summed E-state index contributed by atoms with van der Waals surface area (Å²) in [4.78, 5) is 0. The second-order valence-corrected chi connectivity index (χ2v) is 4.74. The molecule has 0 saturated heterocycles. The van der Waals surface area contributed by atoms with Crippen LogP contribution in [0, 0.1) is 6.92 Å². The molecule has 0 atom stereocenters. The quantitative estimate of drug-likeness (QED) is 0.277. The van der Waals surface area contributed by atoms with Crippen molar-refractivity contribution in [1.82, 2.24) is 0 Å². The van der Waals surface area contributed by atoms with Crippen molar-refractivity contribution in [2.75, 3.05) is 0 Å². The van der Waals surface area contributed by atoms with E-state index in [0.29, 0.717) is 0 Å². The third-order valence-electron chi connectivity index (χ3n) is 3.10. The summed E-state index contributed by atoms with van der Waals surface area (Å²) in [6, 6.07) is 0. The van der Waals surface area contributed by atoms with E-state index in [2.05, 4.69) is 13.8 Å². The van der Waals surface area contributed by atoms with Crippen molar-refractivity contribution in [3.8, 4) is 0 Å². The van der Waals surface area contributed by atoms with E-state index in [1.165, 1.54) is 77.0 Å². The molecule has 0 amide bonds. The van der Waals surface area contributed by atoms with Crippen molar-refractivity contribution in [1.29, 1.82) is 0 Å². The number of hydrogen-bond donors (Lipinski definition) is 0. The number of hydrogen-bond acceptors (Lipinski definition) is 0. The standard InChI is InChI=1S/C15H31.Na/c1-3-5-7-9-11-13-15-14-12-10-8-6-4-2;/h1,3-15H2,2H3;/q-1;+1. The monoisotopic (exact) mass is 234 g/mol. The molecule has 0 aromatic carbocycles. The molecule has 0 unspecified atom stereocenters. The maximum absolute atomic E-state index is 3.87. The zero-order valence-electron chi connectivity index (χ0n) is 11.9. The van der Waals surface area contributed by atoms with E-state index in [0.717, 1.165) is 6.42 Å². The van der Waals surface area contributed by atoms with Gasteiger partial charge in [0.2, 0.25) is 0 Å². The van der Waals surface area contributed by atoms with Gasteiger partial charge in [0.05, 0.1) is 0 Å². The fraction of sp³-hybridized carbons (Fsp3) is 0.933. The van der Waals surface area contributed by atoms with Crippen LogP contribution >= 0.6 is 0 Å². The fourth-order valence-electron chi connectivity index (χ4n) is 2.02. The van der Waals surface area contributed by atoms with E-state index in [4.69, 9.17) is 0 Å². The maximum Gasteiger partial charge on any atom is 1.00 e. The van der Waals surface area contributed by atoms with E-state index >= 15 is 0 Å². The Kier molecular flexibility index (Phi) is 22.2. The maximum atomic E-state index is 3.87. The molecule has 0 aliphatic carbocycles. The molecule has 0 spiro atoms. The molecule has 16 heavy (non-hydrogen) atoms. The summed E-state index contributed by atoms with van der Waals surface area (Å²) in [5, 5.41) is 0. The summed E-state index contributed by atoms with van der Waals surface area (Å²) in [7, 11) is 0. The number of unbranched alkanes of at least 4 members (excludes halogenated alkanes) is 12. The molecule has 1 heteroatoms. The van der Waals surface area contributed by atoms with Crippen LogP contribution in [0.1, 0.15) is 90.4 Å². The Bertz CT molecular complexity index is 89.6. The van der Waals surface area contributed by atoms with Gasteiger partial charge in [0.25, 0.3) is 0 Å². The second-order valence-electron chi connectivity index (χ2n) is 4.74. The Morgan fingerprint density at radius 1 is 0.562 bits per heavy atom. The van der Waals surface area contributed by atoms with Crippen LogP contribution in [0.2, 0.25) is 0 Å². The van der Waals surface area contributed by atoms with Crippen molar-refractivity contribution in [2.24, 2.45) is 0 Å². The van der Waals surface area contributed by atoms with Crippen LogP contribution in [-0.4, -0.2) is 0 Å². The molecule has 0 aliphatic heterocycles. The summed E-state index contributed by atoms with van der Waals surface area (Å²) in [6.07, 6.45) is 18.3. The second kappa shape index (κ2) is 18.4. The summed E-state index contributed by atoms with van der Waals surface area (Å²) in [5.41, 5.74) is 0. The Labute approximate surface area is 126 Å². The summed E-state index contributed by atoms with van der Waals surface area (Å²) in [6.45, 7) is 6.15. The van der Waals surface area contributed by atoms with Gasteiger partial charge in [-0.3, -0.25) is 0 Å². The van der Waals surface area contributed by atoms with Gasteiger partial charge in [0, 0.05) is 0 Å². The van der Waals surface area contributed by atoms with Crippen LogP contribution in [0.4, 0.5) is 0 Å².